The van der Waals surface area contributed by atoms with Crippen molar-refractivity contribution in [1.82, 2.24) is 0 Å². The topological polar surface area (TPSA) is 29.1 Å². The second-order valence-corrected chi connectivity index (χ2v) is 5.27. The molecule has 5 heteroatoms. The fraction of sp³-hybridized carbons (Fsp3) is 0.133. The van der Waals surface area contributed by atoms with Crippen molar-refractivity contribution in [3.05, 3.63) is 63.4 Å². The molecular weight excluding hydrogens is 300 g/mol. The van der Waals surface area contributed by atoms with E-state index in [9.17, 15) is 9.18 Å². The SMILES string of the molecule is Cc1ccc(F)c(NC(=O)Cc2ccc(Cl)c(Cl)c2)c1. The Morgan fingerprint density at radius 2 is 1.90 bits per heavy atom. The van der Waals surface area contributed by atoms with Crippen LogP contribution in [-0.4, -0.2) is 5.91 Å². The highest BCUT2D eigenvalue weighted by molar-refractivity contribution is 6.42. The minimum Gasteiger partial charge on any atom is -0.323 e. The number of carbonyl (C=O) groups excluding carboxylic acids is 1. The summed E-state index contributed by atoms with van der Waals surface area (Å²) in [6.45, 7) is 1.83. The Balaban J connectivity index is 2.09. The first-order chi connectivity index (χ1) is 9.45. The fourth-order valence-corrected chi connectivity index (χ4v) is 2.08. The number of amides is 1. The molecule has 2 aromatic carbocycles. The minimum atomic E-state index is -0.460. The molecule has 0 unspecified atom stereocenters. The van der Waals surface area contributed by atoms with Gasteiger partial charge in [-0.1, -0.05) is 35.3 Å². The molecule has 0 aliphatic heterocycles. The molecule has 0 spiro atoms. The summed E-state index contributed by atoms with van der Waals surface area (Å²) >= 11 is 11.7. The number of halogens is 3. The Bertz CT molecular complexity index is 658. The summed E-state index contributed by atoms with van der Waals surface area (Å²) in [5.41, 5.74) is 1.76. The lowest BCUT2D eigenvalue weighted by Crippen LogP contribution is -2.15. The van der Waals surface area contributed by atoms with Gasteiger partial charge in [0.25, 0.3) is 0 Å². The van der Waals surface area contributed by atoms with E-state index in [0.717, 1.165) is 5.56 Å². The number of nitrogens with one attached hydrogen (secondary N) is 1. The van der Waals surface area contributed by atoms with Gasteiger partial charge in [0.05, 0.1) is 22.2 Å². The van der Waals surface area contributed by atoms with E-state index in [4.69, 9.17) is 23.2 Å². The van der Waals surface area contributed by atoms with Crippen molar-refractivity contribution < 1.29 is 9.18 Å². The highest BCUT2D eigenvalue weighted by Crippen LogP contribution is 2.23. The fourth-order valence-electron chi connectivity index (χ4n) is 1.76. The van der Waals surface area contributed by atoms with E-state index < -0.39 is 5.82 Å². The number of aryl methyl sites for hydroxylation is 1. The van der Waals surface area contributed by atoms with Gasteiger partial charge in [-0.2, -0.15) is 0 Å². The first-order valence-corrected chi connectivity index (χ1v) is 6.71. The maximum atomic E-state index is 13.5. The molecule has 1 N–H and O–H groups in total. The van der Waals surface area contributed by atoms with Crippen LogP contribution in [0.5, 0.6) is 0 Å². The predicted octanol–water partition coefficient (Wildman–Crippen LogP) is 4.62. The van der Waals surface area contributed by atoms with Crippen molar-refractivity contribution in [3.63, 3.8) is 0 Å². The van der Waals surface area contributed by atoms with Crippen LogP contribution in [0.25, 0.3) is 0 Å². The van der Waals surface area contributed by atoms with Gasteiger partial charge < -0.3 is 5.32 Å². The van der Waals surface area contributed by atoms with Gasteiger partial charge in [-0.25, -0.2) is 4.39 Å². The lowest BCUT2D eigenvalue weighted by Gasteiger charge is -2.08. The Morgan fingerprint density at radius 1 is 1.15 bits per heavy atom. The molecule has 20 heavy (non-hydrogen) atoms. The van der Waals surface area contributed by atoms with Gasteiger partial charge in [-0.3, -0.25) is 4.79 Å². The molecule has 2 aromatic rings. The van der Waals surface area contributed by atoms with Crippen molar-refractivity contribution >= 4 is 34.8 Å². The van der Waals surface area contributed by atoms with Gasteiger partial charge in [0, 0.05) is 0 Å². The Labute approximate surface area is 126 Å². The summed E-state index contributed by atoms with van der Waals surface area (Å²) in [6, 6.07) is 9.51. The van der Waals surface area contributed by atoms with Gasteiger partial charge in [0.15, 0.2) is 0 Å². The Hall–Kier alpha value is -1.58. The third-order valence-corrected chi connectivity index (χ3v) is 3.48. The minimum absolute atomic E-state index is 0.101. The quantitative estimate of drug-likeness (QED) is 0.880. The zero-order valence-corrected chi connectivity index (χ0v) is 12.2. The number of hydrogen-bond acceptors (Lipinski definition) is 1. The molecule has 0 bridgehead atoms. The predicted molar refractivity (Wildman–Crippen MR) is 79.9 cm³/mol. The maximum absolute atomic E-state index is 13.5. The normalized spacial score (nSPS) is 10.4. The van der Waals surface area contributed by atoms with Crippen LogP contribution >= 0.6 is 23.2 Å². The second-order valence-electron chi connectivity index (χ2n) is 4.46. The number of rotatable bonds is 3. The van der Waals surface area contributed by atoms with E-state index in [1.54, 1.807) is 30.3 Å². The molecule has 2 rings (SSSR count). The van der Waals surface area contributed by atoms with Gasteiger partial charge in [-0.15, -0.1) is 0 Å². The molecular formula is C15H12Cl2FNO. The molecule has 0 fully saturated rings. The van der Waals surface area contributed by atoms with Crippen LogP contribution in [0.1, 0.15) is 11.1 Å². The zero-order chi connectivity index (χ0) is 14.7. The first-order valence-electron chi connectivity index (χ1n) is 5.95. The van der Waals surface area contributed by atoms with Crippen molar-refractivity contribution in [2.45, 2.75) is 13.3 Å². The summed E-state index contributed by atoms with van der Waals surface area (Å²) in [4.78, 5) is 11.9. The summed E-state index contributed by atoms with van der Waals surface area (Å²) in [7, 11) is 0. The average Bonchev–Trinajstić information content (AvgIpc) is 2.38. The molecule has 1 amide bonds. The lowest BCUT2D eigenvalue weighted by atomic mass is 10.1. The van der Waals surface area contributed by atoms with Crippen molar-refractivity contribution in [2.24, 2.45) is 0 Å². The third kappa shape index (κ3) is 3.71. The van der Waals surface area contributed by atoms with Crippen LogP contribution in [0, 0.1) is 12.7 Å². The zero-order valence-electron chi connectivity index (χ0n) is 10.7. The van der Waals surface area contributed by atoms with Crippen LogP contribution in [-0.2, 0) is 11.2 Å². The van der Waals surface area contributed by atoms with E-state index in [1.807, 2.05) is 6.92 Å². The monoisotopic (exact) mass is 311 g/mol. The number of carbonyl (C=O) groups is 1. The van der Waals surface area contributed by atoms with E-state index >= 15 is 0 Å². The molecule has 2 nitrogen and oxygen atoms in total. The van der Waals surface area contributed by atoms with Gasteiger partial charge in [-0.05, 0) is 42.3 Å². The highest BCUT2D eigenvalue weighted by atomic mass is 35.5. The first kappa shape index (κ1) is 14.8. The standard InChI is InChI=1S/C15H12Cl2FNO/c1-9-2-5-13(18)14(6-9)19-15(20)8-10-3-4-11(16)12(17)7-10/h2-7H,8H2,1H3,(H,19,20). The number of hydrogen-bond donors (Lipinski definition) is 1. The van der Waals surface area contributed by atoms with E-state index in [1.165, 1.54) is 6.07 Å². The third-order valence-electron chi connectivity index (χ3n) is 2.74. The van der Waals surface area contributed by atoms with Gasteiger partial charge >= 0.3 is 0 Å². The lowest BCUT2D eigenvalue weighted by molar-refractivity contribution is -0.115. The van der Waals surface area contributed by atoms with E-state index in [-0.39, 0.29) is 18.0 Å². The molecule has 0 aliphatic carbocycles. The van der Waals surface area contributed by atoms with Crippen LogP contribution in [0.2, 0.25) is 10.0 Å². The molecule has 0 heterocycles. The molecule has 104 valence electrons. The molecule has 0 saturated carbocycles. The summed E-state index contributed by atoms with van der Waals surface area (Å²) in [6.07, 6.45) is 0.101. The summed E-state index contributed by atoms with van der Waals surface area (Å²) in [5, 5.41) is 3.36. The summed E-state index contributed by atoms with van der Waals surface area (Å²) in [5.74, 6) is -0.772. The van der Waals surface area contributed by atoms with Gasteiger partial charge in [0.1, 0.15) is 5.82 Å². The van der Waals surface area contributed by atoms with Crippen molar-refractivity contribution in [2.75, 3.05) is 5.32 Å². The molecule has 0 atom stereocenters. The molecule has 0 aliphatic rings. The van der Waals surface area contributed by atoms with Crippen LogP contribution in [0.3, 0.4) is 0 Å². The van der Waals surface area contributed by atoms with E-state index in [2.05, 4.69) is 5.32 Å². The molecule has 0 aromatic heterocycles. The Kier molecular flexibility index (Phi) is 4.63. The van der Waals surface area contributed by atoms with Crippen molar-refractivity contribution in [1.29, 1.82) is 0 Å². The maximum Gasteiger partial charge on any atom is 0.228 e. The van der Waals surface area contributed by atoms with E-state index in [0.29, 0.717) is 15.6 Å². The second kappa shape index (κ2) is 6.25. The van der Waals surface area contributed by atoms with Crippen LogP contribution in [0.4, 0.5) is 10.1 Å². The Morgan fingerprint density at radius 3 is 2.60 bits per heavy atom. The smallest absolute Gasteiger partial charge is 0.228 e. The number of benzene rings is 2. The molecule has 0 saturated heterocycles. The highest BCUT2D eigenvalue weighted by Gasteiger charge is 2.09. The average molecular weight is 312 g/mol. The molecule has 0 radical (unpaired) electrons. The van der Waals surface area contributed by atoms with Crippen molar-refractivity contribution in [3.8, 4) is 0 Å². The summed E-state index contributed by atoms with van der Waals surface area (Å²) < 4.78 is 13.5. The van der Waals surface area contributed by atoms with Crippen LogP contribution in [0.15, 0.2) is 36.4 Å². The number of anilines is 1. The van der Waals surface area contributed by atoms with Gasteiger partial charge in [0.2, 0.25) is 5.91 Å². The van der Waals surface area contributed by atoms with Crippen LogP contribution < -0.4 is 5.32 Å². The largest absolute Gasteiger partial charge is 0.323 e.